The Kier molecular flexibility index (Phi) is 5.82. The molecule has 0 radical (unpaired) electrons. The number of nitrogens with zero attached hydrogens (tertiary/aromatic N) is 2. The third-order valence-electron chi connectivity index (χ3n) is 5.31. The molecule has 1 unspecified atom stereocenters. The first-order chi connectivity index (χ1) is 13.3. The average Bonchev–Trinajstić information content (AvgIpc) is 2.76. The number of hydrogen-bond donors (Lipinski definition) is 0. The number of benzene rings is 2. The van der Waals surface area contributed by atoms with Crippen LogP contribution in [0.15, 0.2) is 60.7 Å². The van der Waals surface area contributed by atoms with Crippen LogP contribution in [0.1, 0.15) is 17.2 Å². The van der Waals surface area contributed by atoms with Gasteiger partial charge in [0.1, 0.15) is 0 Å². The molecule has 2 aromatic carbocycles. The van der Waals surface area contributed by atoms with Crippen molar-refractivity contribution in [1.29, 1.82) is 0 Å². The van der Waals surface area contributed by atoms with E-state index in [1.165, 1.54) is 11.1 Å². The minimum absolute atomic E-state index is 0.0605. The van der Waals surface area contributed by atoms with Crippen LogP contribution in [0.5, 0.6) is 0 Å². The number of rotatable bonds is 4. The lowest BCUT2D eigenvalue weighted by Crippen LogP contribution is -2.54. The number of piperazine rings is 1. The summed E-state index contributed by atoms with van der Waals surface area (Å²) in [6.45, 7) is 4.56. The largest absolute Gasteiger partial charge is 0.376 e. The zero-order chi connectivity index (χ0) is 18.5. The summed E-state index contributed by atoms with van der Waals surface area (Å²) < 4.78 is 11.0. The van der Waals surface area contributed by atoms with Crippen LogP contribution >= 0.6 is 0 Å². The monoisotopic (exact) mass is 366 g/mol. The third-order valence-corrected chi connectivity index (χ3v) is 5.31. The van der Waals surface area contributed by atoms with Crippen molar-refractivity contribution in [3.05, 3.63) is 71.8 Å². The lowest BCUT2D eigenvalue weighted by atomic mass is 9.96. The zero-order valence-electron chi connectivity index (χ0n) is 15.5. The Bertz CT molecular complexity index is 684. The molecule has 0 bridgehead atoms. The maximum Gasteiger partial charge on any atom is 0.254 e. The highest BCUT2D eigenvalue weighted by Crippen LogP contribution is 2.29. The second kappa shape index (κ2) is 8.65. The predicted molar refractivity (Wildman–Crippen MR) is 103 cm³/mol. The summed E-state index contributed by atoms with van der Waals surface area (Å²) in [5, 5.41) is 0. The Balaban J connectivity index is 1.46. The molecule has 27 heavy (non-hydrogen) atoms. The minimum Gasteiger partial charge on any atom is -0.376 e. The molecule has 2 saturated heterocycles. The van der Waals surface area contributed by atoms with Crippen LogP contribution in [-0.4, -0.2) is 67.8 Å². The maximum atomic E-state index is 12.7. The van der Waals surface area contributed by atoms with Crippen molar-refractivity contribution >= 4 is 5.91 Å². The fraction of sp³-hybridized carbons (Fsp3) is 0.409. The first kappa shape index (κ1) is 18.2. The summed E-state index contributed by atoms with van der Waals surface area (Å²) in [4.78, 5) is 17.1. The van der Waals surface area contributed by atoms with Gasteiger partial charge in [0.05, 0.1) is 25.9 Å². The smallest absolute Gasteiger partial charge is 0.254 e. The third kappa shape index (κ3) is 4.21. The molecule has 0 aromatic heterocycles. The molecule has 2 aliphatic heterocycles. The molecule has 2 aliphatic rings. The first-order valence-corrected chi connectivity index (χ1v) is 9.65. The lowest BCUT2D eigenvalue weighted by Gasteiger charge is -2.40. The van der Waals surface area contributed by atoms with Gasteiger partial charge < -0.3 is 14.4 Å². The molecule has 5 heteroatoms. The quantitative estimate of drug-likeness (QED) is 0.833. The van der Waals surface area contributed by atoms with Gasteiger partial charge in [0.2, 0.25) is 0 Å². The van der Waals surface area contributed by atoms with E-state index in [0.717, 1.165) is 26.2 Å². The Morgan fingerprint density at radius 3 is 1.96 bits per heavy atom. The number of amides is 1. The standard InChI is InChI=1S/C22H26N2O3/c25-22(20-17-26-15-16-27-20)24-13-11-23(12-14-24)21(18-7-3-1-4-8-18)19-9-5-2-6-10-19/h1-10,20-21H,11-17H2. The van der Waals surface area contributed by atoms with Crippen molar-refractivity contribution in [2.24, 2.45) is 0 Å². The van der Waals surface area contributed by atoms with Crippen molar-refractivity contribution in [3.8, 4) is 0 Å². The van der Waals surface area contributed by atoms with Gasteiger partial charge in [-0.15, -0.1) is 0 Å². The highest BCUT2D eigenvalue weighted by molar-refractivity contribution is 5.81. The number of ether oxygens (including phenoxy) is 2. The van der Waals surface area contributed by atoms with Gasteiger partial charge in [0.25, 0.3) is 5.91 Å². The molecule has 5 nitrogen and oxygen atoms in total. The van der Waals surface area contributed by atoms with Crippen LogP contribution < -0.4 is 0 Å². The van der Waals surface area contributed by atoms with Gasteiger partial charge >= 0.3 is 0 Å². The lowest BCUT2D eigenvalue weighted by molar-refractivity contribution is -0.159. The van der Waals surface area contributed by atoms with Crippen molar-refractivity contribution in [2.75, 3.05) is 46.0 Å². The normalized spacial score (nSPS) is 21.4. The van der Waals surface area contributed by atoms with E-state index in [4.69, 9.17) is 9.47 Å². The predicted octanol–water partition coefficient (Wildman–Crippen LogP) is 2.34. The van der Waals surface area contributed by atoms with E-state index in [1.54, 1.807) is 0 Å². The molecular formula is C22H26N2O3. The Morgan fingerprint density at radius 2 is 1.44 bits per heavy atom. The number of carbonyl (C=O) groups excluding carboxylic acids is 1. The maximum absolute atomic E-state index is 12.7. The van der Waals surface area contributed by atoms with E-state index in [-0.39, 0.29) is 11.9 Å². The van der Waals surface area contributed by atoms with Crippen LogP contribution in [0.25, 0.3) is 0 Å². The summed E-state index contributed by atoms with van der Waals surface area (Å²) in [6.07, 6.45) is -0.440. The molecule has 0 aliphatic carbocycles. The van der Waals surface area contributed by atoms with Crippen molar-refractivity contribution in [1.82, 2.24) is 9.80 Å². The van der Waals surface area contributed by atoms with Crippen molar-refractivity contribution < 1.29 is 14.3 Å². The number of hydrogen-bond acceptors (Lipinski definition) is 4. The zero-order valence-corrected chi connectivity index (χ0v) is 15.5. The highest BCUT2D eigenvalue weighted by Gasteiger charge is 2.32. The van der Waals surface area contributed by atoms with Gasteiger partial charge in [-0.3, -0.25) is 9.69 Å². The molecule has 142 valence electrons. The van der Waals surface area contributed by atoms with Gasteiger partial charge in [-0.05, 0) is 11.1 Å². The van der Waals surface area contributed by atoms with E-state index < -0.39 is 6.10 Å². The second-order valence-electron chi connectivity index (χ2n) is 7.02. The molecule has 2 heterocycles. The molecule has 2 aromatic rings. The van der Waals surface area contributed by atoms with Crippen molar-refractivity contribution in [3.63, 3.8) is 0 Å². The molecule has 0 N–H and O–H groups in total. The summed E-state index contributed by atoms with van der Waals surface area (Å²) >= 11 is 0. The molecular weight excluding hydrogens is 340 g/mol. The summed E-state index contributed by atoms with van der Waals surface area (Å²) in [7, 11) is 0. The van der Waals surface area contributed by atoms with Gasteiger partial charge in [-0.1, -0.05) is 60.7 Å². The molecule has 2 fully saturated rings. The van der Waals surface area contributed by atoms with Gasteiger partial charge in [-0.2, -0.15) is 0 Å². The second-order valence-corrected chi connectivity index (χ2v) is 7.02. The van der Waals surface area contributed by atoms with Gasteiger partial charge in [0.15, 0.2) is 6.10 Å². The fourth-order valence-corrected chi connectivity index (χ4v) is 3.92. The van der Waals surface area contributed by atoms with E-state index >= 15 is 0 Å². The van der Waals surface area contributed by atoms with Crippen LogP contribution in [0.2, 0.25) is 0 Å². The van der Waals surface area contributed by atoms with E-state index in [2.05, 4.69) is 65.6 Å². The highest BCUT2D eigenvalue weighted by atomic mass is 16.6. The Hall–Kier alpha value is -2.21. The molecule has 1 atom stereocenters. The van der Waals surface area contributed by atoms with Crippen LogP contribution in [0.4, 0.5) is 0 Å². The van der Waals surface area contributed by atoms with Gasteiger partial charge in [-0.25, -0.2) is 0 Å². The summed E-state index contributed by atoms with van der Waals surface area (Å²) in [5.74, 6) is 0.0605. The van der Waals surface area contributed by atoms with Crippen LogP contribution in [-0.2, 0) is 14.3 Å². The number of carbonyl (C=O) groups is 1. The minimum atomic E-state index is -0.440. The summed E-state index contributed by atoms with van der Waals surface area (Å²) in [6, 6.07) is 21.4. The van der Waals surface area contributed by atoms with E-state index in [1.807, 2.05) is 4.90 Å². The van der Waals surface area contributed by atoms with Crippen molar-refractivity contribution in [2.45, 2.75) is 12.1 Å². The molecule has 0 saturated carbocycles. The molecule has 0 spiro atoms. The van der Waals surface area contributed by atoms with E-state index in [0.29, 0.717) is 19.8 Å². The van der Waals surface area contributed by atoms with Crippen LogP contribution in [0, 0.1) is 0 Å². The Morgan fingerprint density at radius 1 is 0.852 bits per heavy atom. The SMILES string of the molecule is O=C(C1COCCO1)N1CCN(C(c2ccccc2)c2ccccc2)CC1. The molecule has 1 amide bonds. The summed E-state index contributed by atoms with van der Waals surface area (Å²) in [5.41, 5.74) is 2.57. The van der Waals surface area contributed by atoms with E-state index in [9.17, 15) is 4.79 Å². The van der Waals surface area contributed by atoms with Gasteiger partial charge in [0, 0.05) is 26.2 Å². The topological polar surface area (TPSA) is 42.0 Å². The fourth-order valence-electron chi connectivity index (χ4n) is 3.92. The molecule has 4 rings (SSSR count). The first-order valence-electron chi connectivity index (χ1n) is 9.65. The average molecular weight is 366 g/mol. The van der Waals surface area contributed by atoms with Crippen LogP contribution in [0.3, 0.4) is 0 Å². The Labute approximate surface area is 160 Å².